The number of amides is 1. The molecule has 0 bridgehead atoms. The van der Waals surface area contributed by atoms with Gasteiger partial charge in [0.2, 0.25) is 5.78 Å². The Hall–Kier alpha value is -3.45. The van der Waals surface area contributed by atoms with Crippen LogP contribution in [0.1, 0.15) is 54.9 Å². The highest BCUT2D eigenvalue weighted by molar-refractivity contribution is 6.25. The van der Waals surface area contributed by atoms with E-state index in [1.54, 1.807) is 19.1 Å². The third-order valence-electron chi connectivity index (χ3n) is 9.62. The zero-order chi connectivity index (χ0) is 30.8. The van der Waals surface area contributed by atoms with Gasteiger partial charge in [-0.15, -0.1) is 0 Å². The second kappa shape index (κ2) is 10.7. The number of nitrogens with one attached hydrogen (secondary N) is 1. The number of carbonyl (C=O) groups excluding carboxylic acids is 3. The molecule has 1 aliphatic heterocycles. The van der Waals surface area contributed by atoms with Gasteiger partial charge in [-0.1, -0.05) is 19.9 Å². The number of Topliss-reactive ketones (excluding diaryl/α,β-unsaturated/α-hetero) is 2. The summed E-state index contributed by atoms with van der Waals surface area (Å²) in [6.45, 7) is 6.69. The number of nitrogens with two attached hydrogens (primary N) is 1. The number of phenolic OH excluding ortho intramolecular Hbond substituents is 1. The lowest BCUT2D eigenvalue weighted by Crippen LogP contribution is -2.68. The van der Waals surface area contributed by atoms with Crippen LogP contribution in [0.15, 0.2) is 34.8 Å². The molecule has 6 atom stereocenters. The Labute approximate surface area is 244 Å². The number of piperidine rings is 1. The summed E-state index contributed by atoms with van der Waals surface area (Å²) >= 11 is 0. The number of anilines is 1. The van der Waals surface area contributed by atoms with Crippen LogP contribution >= 0.6 is 0 Å². The Morgan fingerprint density at radius 2 is 1.81 bits per heavy atom. The molecule has 1 heterocycles. The van der Waals surface area contributed by atoms with E-state index in [2.05, 4.69) is 17.1 Å². The van der Waals surface area contributed by atoms with Crippen LogP contribution in [-0.4, -0.2) is 110 Å². The molecule has 6 unspecified atom stereocenters. The lowest BCUT2D eigenvalue weighted by atomic mass is 9.55. The van der Waals surface area contributed by atoms with Gasteiger partial charge in [0.25, 0.3) is 5.91 Å². The number of rotatable bonds is 6. The largest absolute Gasteiger partial charge is 0.510 e. The quantitative estimate of drug-likeness (QED) is 0.186. The third-order valence-corrected chi connectivity index (χ3v) is 9.62. The minimum Gasteiger partial charge on any atom is -0.510 e. The Bertz CT molecular complexity index is 1400. The van der Waals surface area contributed by atoms with Crippen molar-refractivity contribution in [2.45, 2.75) is 62.8 Å². The van der Waals surface area contributed by atoms with Crippen molar-refractivity contribution in [3.05, 3.63) is 45.9 Å². The Balaban J connectivity index is 1.59. The van der Waals surface area contributed by atoms with Gasteiger partial charge in [0.05, 0.1) is 29.3 Å². The van der Waals surface area contributed by atoms with E-state index >= 15 is 0 Å². The van der Waals surface area contributed by atoms with Gasteiger partial charge in [0.1, 0.15) is 22.8 Å². The minimum atomic E-state index is -2.93. The van der Waals surface area contributed by atoms with Crippen molar-refractivity contribution in [2.24, 2.45) is 17.6 Å². The van der Waals surface area contributed by atoms with Crippen LogP contribution in [-0.2, 0) is 9.59 Å². The number of fused-ring (bicyclic) bond motifs is 3. The molecular weight excluding hydrogens is 544 g/mol. The Morgan fingerprint density at radius 3 is 2.38 bits per heavy atom. The first-order chi connectivity index (χ1) is 19.8. The summed E-state index contributed by atoms with van der Waals surface area (Å²) in [6, 6.07) is 2.18. The number of hydrogen-bond acceptors (Lipinski definition) is 11. The molecule has 228 valence electrons. The Kier molecular flexibility index (Phi) is 7.63. The van der Waals surface area contributed by atoms with E-state index in [1.807, 2.05) is 0 Å². The first kappa shape index (κ1) is 30.0. The second-order valence-corrected chi connectivity index (χ2v) is 12.2. The van der Waals surface area contributed by atoms with Gasteiger partial charge in [0.15, 0.2) is 11.4 Å². The van der Waals surface area contributed by atoms with Crippen molar-refractivity contribution in [3.8, 4) is 5.75 Å². The molecule has 12 heteroatoms. The molecule has 1 aromatic rings. The summed E-state index contributed by atoms with van der Waals surface area (Å²) in [6.07, 6.45) is 1.16. The van der Waals surface area contributed by atoms with Crippen molar-refractivity contribution in [1.82, 2.24) is 9.80 Å². The summed E-state index contributed by atoms with van der Waals surface area (Å²) in [4.78, 5) is 43.5. The number of primary amides is 1. The van der Waals surface area contributed by atoms with Gasteiger partial charge >= 0.3 is 0 Å². The average Bonchev–Trinajstić information content (AvgIpc) is 2.92. The highest BCUT2D eigenvalue weighted by atomic mass is 16.4. The van der Waals surface area contributed by atoms with Crippen molar-refractivity contribution in [3.63, 3.8) is 0 Å². The Morgan fingerprint density at radius 1 is 1.17 bits per heavy atom. The van der Waals surface area contributed by atoms with Gasteiger partial charge in [0, 0.05) is 30.6 Å². The van der Waals surface area contributed by atoms with Crippen LogP contribution in [0.2, 0.25) is 0 Å². The van der Waals surface area contributed by atoms with Crippen molar-refractivity contribution >= 4 is 23.2 Å². The highest BCUT2D eigenvalue weighted by Gasteiger charge is 2.67. The molecular formula is C30H40N4O8. The van der Waals surface area contributed by atoms with Gasteiger partial charge in [-0.3, -0.25) is 19.3 Å². The fourth-order valence-electron chi connectivity index (χ4n) is 7.58. The topological polar surface area (TPSA) is 197 Å². The van der Waals surface area contributed by atoms with Crippen LogP contribution < -0.4 is 11.1 Å². The molecule has 1 amide bonds. The summed E-state index contributed by atoms with van der Waals surface area (Å²) in [5, 5.41) is 60.6. The molecule has 1 saturated heterocycles. The predicted molar refractivity (Wildman–Crippen MR) is 153 cm³/mol. The molecule has 12 nitrogen and oxygen atoms in total. The number of ketones is 2. The smallest absolute Gasteiger partial charge is 0.255 e. The average molecular weight is 585 g/mol. The van der Waals surface area contributed by atoms with Crippen molar-refractivity contribution in [2.75, 3.05) is 39.0 Å². The number of aliphatic hydroxyl groups excluding tert-OH is 3. The van der Waals surface area contributed by atoms with Crippen LogP contribution in [0.3, 0.4) is 0 Å². The SMILES string of the molecule is CCCN1CCC(Nc2ccc3c(c2O)C(=O)C2=C(O)C4(O)C(=O)C(C(N)=O)=C(O)C(N(C)C)C4C(O)C2C3C)CC1. The molecule has 0 aromatic heterocycles. The van der Waals surface area contributed by atoms with Crippen molar-refractivity contribution < 1.29 is 39.9 Å². The minimum absolute atomic E-state index is 0.0750. The first-order valence-electron chi connectivity index (χ1n) is 14.4. The lowest BCUT2D eigenvalue weighted by molar-refractivity contribution is -0.162. The molecule has 42 heavy (non-hydrogen) atoms. The number of likely N-dealkylation sites (N-methyl/N-ethyl adjacent to an activating group) is 1. The number of phenols is 1. The van der Waals surface area contributed by atoms with Crippen LogP contribution in [0, 0.1) is 11.8 Å². The van der Waals surface area contributed by atoms with E-state index < -0.39 is 75.6 Å². The lowest BCUT2D eigenvalue weighted by Gasteiger charge is -2.53. The number of aromatic hydroxyl groups is 1. The summed E-state index contributed by atoms with van der Waals surface area (Å²) in [5.74, 6) is -8.92. The highest BCUT2D eigenvalue weighted by Crippen LogP contribution is 2.56. The molecule has 3 aliphatic carbocycles. The van der Waals surface area contributed by atoms with E-state index in [0.717, 1.165) is 38.9 Å². The van der Waals surface area contributed by atoms with E-state index in [1.165, 1.54) is 19.0 Å². The predicted octanol–water partition coefficient (Wildman–Crippen LogP) is 0.939. The third kappa shape index (κ3) is 4.23. The summed E-state index contributed by atoms with van der Waals surface area (Å²) in [7, 11) is 3.01. The second-order valence-electron chi connectivity index (χ2n) is 12.2. The summed E-state index contributed by atoms with van der Waals surface area (Å²) < 4.78 is 0. The zero-order valence-corrected chi connectivity index (χ0v) is 24.3. The van der Waals surface area contributed by atoms with Crippen molar-refractivity contribution in [1.29, 1.82) is 0 Å². The summed E-state index contributed by atoms with van der Waals surface area (Å²) in [5.41, 5.74) is 1.80. The van der Waals surface area contributed by atoms with Gasteiger partial charge in [-0.25, -0.2) is 0 Å². The van der Waals surface area contributed by atoms with E-state index in [0.29, 0.717) is 11.3 Å². The van der Waals surface area contributed by atoms with Crippen LogP contribution in [0.5, 0.6) is 5.75 Å². The van der Waals surface area contributed by atoms with Gasteiger partial charge < -0.3 is 41.5 Å². The fraction of sp³-hybridized carbons (Fsp3) is 0.567. The standard InChI is InChI=1S/C30H40N4O8/c1-5-10-34-11-8-14(9-12-34)32-16-7-6-15-13(2)17-19(24(36)18(15)23(16)35)27(39)30(42)21(25(17)37)22(33(3)4)26(38)20(28(30)40)29(31)41/h6-7,13-14,17,21-22,25,32,35,37-39,42H,5,8-12H2,1-4H3,(H2,31,41). The number of nitrogens with zero attached hydrogens (tertiary/aromatic N) is 2. The fourth-order valence-corrected chi connectivity index (χ4v) is 7.58. The van der Waals surface area contributed by atoms with Gasteiger partial charge in [-0.05, 0) is 57.5 Å². The van der Waals surface area contributed by atoms with E-state index in [-0.39, 0.29) is 17.4 Å². The molecule has 8 N–H and O–H groups in total. The van der Waals surface area contributed by atoms with Gasteiger partial charge in [-0.2, -0.15) is 0 Å². The number of carbonyl (C=O) groups is 3. The van der Waals surface area contributed by atoms with Crippen LogP contribution in [0.25, 0.3) is 0 Å². The maximum atomic E-state index is 14.0. The normalized spacial score (nSPS) is 32.1. The number of hydrogen-bond donors (Lipinski definition) is 7. The molecule has 1 aromatic carbocycles. The maximum absolute atomic E-state index is 14.0. The van der Waals surface area contributed by atoms with E-state index in [4.69, 9.17) is 5.73 Å². The molecule has 1 fully saturated rings. The first-order valence-corrected chi connectivity index (χ1v) is 14.4. The molecule has 0 spiro atoms. The number of likely N-dealkylation sites (tertiary alicyclic amines) is 1. The number of aliphatic hydroxyl groups is 4. The molecule has 4 aliphatic rings. The molecule has 0 radical (unpaired) electrons. The number of benzene rings is 1. The van der Waals surface area contributed by atoms with E-state index in [9.17, 15) is 39.9 Å². The zero-order valence-electron chi connectivity index (χ0n) is 24.3. The monoisotopic (exact) mass is 584 g/mol. The maximum Gasteiger partial charge on any atom is 0.255 e. The molecule has 0 saturated carbocycles. The van der Waals surface area contributed by atoms with Crippen LogP contribution in [0.4, 0.5) is 5.69 Å². The molecule has 5 rings (SSSR count).